The number of hydrogen-bond donors (Lipinski definition) is 2. The van der Waals surface area contributed by atoms with Gasteiger partial charge in [-0.05, 0) is 31.4 Å². The van der Waals surface area contributed by atoms with E-state index in [1.807, 2.05) is 13.8 Å². The zero-order valence-corrected chi connectivity index (χ0v) is 13.3. The van der Waals surface area contributed by atoms with Crippen LogP contribution in [0.15, 0.2) is 18.2 Å². The van der Waals surface area contributed by atoms with E-state index < -0.39 is 17.2 Å². The molecule has 0 aliphatic heterocycles. The molecule has 1 amide bonds. The Balaban J connectivity index is 2.83. The Labute approximate surface area is 129 Å². The third-order valence-corrected chi connectivity index (χ3v) is 2.85. The van der Waals surface area contributed by atoms with Crippen molar-refractivity contribution in [1.82, 2.24) is 0 Å². The van der Waals surface area contributed by atoms with Crippen LogP contribution < -0.4 is 10.1 Å². The molecular formula is C16H22FNO4. The first-order chi connectivity index (χ1) is 10.1. The number of amides is 1. The Kier molecular flexibility index (Phi) is 5.91. The highest BCUT2D eigenvalue weighted by Crippen LogP contribution is 2.29. The molecule has 2 N–H and O–H groups in total. The minimum absolute atomic E-state index is 0.0108. The highest BCUT2D eigenvalue weighted by molar-refractivity contribution is 5.92. The molecular weight excluding hydrogens is 289 g/mol. The predicted molar refractivity (Wildman–Crippen MR) is 81.4 cm³/mol. The van der Waals surface area contributed by atoms with E-state index in [-0.39, 0.29) is 30.5 Å². The summed E-state index contributed by atoms with van der Waals surface area (Å²) in [6, 6.07) is 3.88. The first-order valence-electron chi connectivity index (χ1n) is 7.07. The monoisotopic (exact) mass is 311 g/mol. The first-order valence-corrected chi connectivity index (χ1v) is 7.07. The van der Waals surface area contributed by atoms with Crippen molar-refractivity contribution < 1.29 is 23.8 Å². The summed E-state index contributed by atoms with van der Waals surface area (Å²) in [7, 11) is 0. The maximum atomic E-state index is 13.4. The number of rotatable bonds is 7. The molecule has 0 aliphatic rings. The van der Waals surface area contributed by atoms with Crippen molar-refractivity contribution in [1.29, 1.82) is 0 Å². The number of carboxylic acids is 1. The number of nitrogens with one attached hydrogen (secondary N) is 1. The van der Waals surface area contributed by atoms with Gasteiger partial charge in [0, 0.05) is 12.5 Å². The van der Waals surface area contributed by atoms with Crippen LogP contribution in [-0.2, 0) is 9.59 Å². The third-order valence-electron chi connectivity index (χ3n) is 2.85. The predicted octanol–water partition coefficient (Wildman–Crippen LogP) is 3.44. The maximum absolute atomic E-state index is 13.4. The maximum Gasteiger partial charge on any atom is 0.303 e. The van der Waals surface area contributed by atoms with Crippen molar-refractivity contribution in [2.75, 3.05) is 5.32 Å². The Bertz CT molecular complexity index is 555. The van der Waals surface area contributed by atoms with Gasteiger partial charge in [0.2, 0.25) is 5.91 Å². The lowest BCUT2D eigenvalue weighted by Crippen LogP contribution is -2.25. The number of carboxylic acid groups (broad SMARTS) is 1. The summed E-state index contributed by atoms with van der Waals surface area (Å²) in [5.41, 5.74) is -0.452. The third kappa shape index (κ3) is 6.11. The number of anilines is 1. The molecule has 0 fully saturated rings. The average molecular weight is 311 g/mol. The van der Waals surface area contributed by atoms with Gasteiger partial charge in [-0.3, -0.25) is 9.59 Å². The van der Waals surface area contributed by atoms with E-state index >= 15 is 0 Å². The Hall–Kier alpha value is -2.11. The number of carbonyl (C=O) groups is 2. The normalized spacial score (nSPS) is 11.4. The number of ether oxygens (including phenoxy) is 1. The summed E-state index contributed by atoms with van der Waals surface area (Å²) in [6.07, 6.45) is -0.236. The lowest BCUT2D eigenvalue weighted by molar-refractivity contribution is -0.139. The second-order valence-corrected chi connectivity index (χ2v) is 6.27. The molecule has 1 rings (SSSR count). The van der Waals surface area contributed by atoms with Crippen LogP contribution in [0.5, 0.6) is 5.75 Å². The molecule has 0 saturated carbocycles. The summed E-state index contributed by atoms with van der Waals surface area (Å²) in [4.78, 5) is 22.9. The lowest BCUT2D eigenvalue weighted by Gasteiger charge is -2.22. The van der Waals surface area contributed by atoms with Crippen LogP contribution in [0.4, 0.5) is 10.1 Å². The largest absolute Gasteiger partial charge is 0.489 e. The molecule has 0 aromatic heterocycles. The summed E-state index contributed by atoms with van der Waals surface area (Å²) in [5, 5.41) is 11.4. The van der Waals surface area contributed by atoms with Crippen LogP contribution in [0.1, 0.15) is 40.5 Å². The van der Waals surface area contributed by atoms with E-state index in [1.54, 1.807) is 13.8 Å². The summed E-state index contributed by atoms with van der Waals surface area (Å²) in [6.45, 7) is 7.03. The van der Waals surface area contributed by atoms with Crippen molar-refractivity contribution >= 4 is 17.6 Å². The Morgan fingerprint density at radius 3 is 2.50 bits per heavy atom. The van der Waals surface area contributed by atoms with Crippen LogP contribution in [0.3, 0.4) is 0 Å². The highest BCUT2D eigenvalue weighted by Gasteiger charge is 2.25. The Morgan fingerprint density at radius 1 is 1.32 bits per heavy atom. The molecule has 0 spiro atoms. The quantitative estimate of drug-likeness (QED) is 0.809. The highest BCUT2D eigenvalue weighted by atomic mass is 19.1. The van der Waals surface area contributed by atoms with E-state index in [1.165, 1.54) is 18.2 Å². The van der Waals surface area contributed by atoms with Gasteiger partial charge in [-0.2, -0.15) is 0 Å². The van der Waals surface area contributed by atoms with E-state index in [2.05, 4.69) is 5.32 Å². The topological polar surface area (TPSA) is 75.6 Å². The molecule has 0 aliphatic carbocycles. The van der Waals surface area contributed by atoms with E-state index in [0.717, 1.165) is 0 Å². The molecule has 5 nitrogen and oxygen atoms in total. The molecule has 0 radical (unpaired) electrons. The van der Waals surface area contributed by atoms with E-state index in [4.69, 9.17) is 9.84 Å². The summed E-state index contributed by atoms with van der Waals surface area (Å²) < 4.78 is 18.9. The molecule has 0 atom stereocenters. The fourth-order valence-electron chi connectivity index (χ4n) is 2.06. The number of carbonyl (C=O) groups excluding carboxylic acids is 1. The molecule has 0 saturated heterocycles. The van der Waals surface area contributed by atoms with Gasteiger partial charge in [-0.25, -0.2) is 4.39 Å². The van der Waals surface area contributed by atoms with Crippen LogP contribution >= 0.6 is 0 Å². The lowest BCUT2D eigenvalue weighted by atomic mass is 9.85. The average Bonchev–Trinajstić information content (AvgIpc) is 2.29. The molecule has 22 heavy (non-hydrogen) atoms. The van der Waals surface area contributed by atoms with Crippen LogP contribution in [-0.4, -0.2) is 23.1 Å². The minimum atomic E-state index is -0.965. The zero-order chi connectivity index (χ0) is 16.9. The van der Waals surface area contributed by atoms with Crippen LogP contribution in [0.2, 0.25) is 0 Å². The van der Waals surface area contributed by atoms with Crippen LogP contribution in [0.25, 0.3) is 0 Å². The second kappa shape index (κ2) is 7.24. The SMILES string of the molecule is CC(C)Oc1ccc(F)cc1NC(=O)CC(C)(C)CC(=O)O. The molecule has 1 aromatic carbocycles. The number of hydrogen-bond acceptors (Lipinski definition) is 3. The van der Waals surface area contributed by atoms with E-state index in [0.29, 0.717) is 5.75 Å². The second-order valence-electron chi connectivity index (χ2n) is 6.27. The van der Waals surface area contributed by atoms with Gasteiger partial charge >= 0.3 is 5.97 Å². The van der Waals surface area contributed by atoms with Crippen molar-refractivity contribution in [3.63, 3.8) is 0 Å². The number of aliphatic carboxylic acids is 1. The van der Waals surface area contributed by atoms with Gasteiger partial charge in [0.1, 0.15) is 11.6 Å². The smallest absolute Gasteiger partial charge is 0.303 e. The summed E-state index contributed by atoms with van der Waals surface area (Å²) in [5.74, 6) is -1.46. The fraction of sp³-hybridized carbons (Fsp3) is 0.500. The molecule has 0 unspecified atom stereocenters. The van der Waals surface area contributed by atoms with Crippen LogP contribution in [0, 0.1) is 11.2 Å². The van der Waals surface area contributed by atoms with Gasteiger partial charge in [0.05, 0.1) is 18.2 Å². The molecule has 6 heteroatoms. The zero-order valence-electron chi connectivity index (χ0n) is 13.3. The minimum Gasteiger partial charge on any atom is -0.489 e. The summed E-state index contributed by atoms with van der Waals surface area (Å²) >= 11 is 0. The number of benzene rings is 1. The van der Waals surface area contributed by atoms with Crippen molar-refractivity contribution in [3.8, 4) is 5.75 Å². The van der Waals surface area contributed by atoms with Gasteiger partial charge < -0.3 is 15.2 Å². The molecule has 122 valence electrons. The van der Waals surface area contributed by atoms with Crippen molar-refractivity contribution in [3.05, 3.63) is 24.0 Å². The Morgan fingerprint density at radius 2 is 1.95 bits per heavy atom. The van der Waals surface area contributed by atoms with E-state index in [9.17, 15) is 14.0 Å². The van der Waals surface area contributed by atoms with Gasteiger partial charge in [0.15, 0.2) is 0 Å². The van der Waals surface area contributed by atoms with Gasteiger partial charge in [0.25, 0.3) is 0 Å². The standard InChI is InChI=1S/C16H22FNO4/c1-10(2)22-13-6-5-11(17)7-12(13)18-14(19)8-16(3,4)9-15(20)21/h5-7,10H,8-9H2,1-4H3,(H,18,19)(H,20,21). The van der Waals surface area contributed by atoms with Crippen molar-refractivity contribution in [2.24, 2.45) is 5.41 Å². The van der Waals surface area contributed by atoms with Gasteiger partial charge in [-0.1, -0.05) is 13.8 Å². The first kappa shape index (κ1) is 17.9. The molecule has 1 aromatic rings. The van der Waals surface area contributed by atoms with Gasteiger partial charge in [-0.15, -0.1) is 0 Å². The molecule has 0 heterocycles. The number of halogens is 1. The van der Waals surface area contributed by atoms with Crippen molar-refractivity contribution in [2.45, 2.75) is 46.6 Å². The fourth-order valence-corrected chi connectivity index (χ4v) is 2.06. The molecule has 0 bridgehead atoms.